The van der Waals surface area contributed by atoms with Crippen LogP contribution in [-0.2, 0) is 12.8 Å². The molecule has 0 aliphatic rings. The number of hydrogen-bond acceptors (Lipinski definition) is 4. The van der Waals surface area contributed by atoms with Gasteiger partial charge in [0.25, 0.3) is 5.56 Å². The van der Waals surface area contributed by atoms with Crippen molar-refractivity contribution in [1.29, 1.82) is 0 Å². The minimum atomic E-state index is -4.56. The van der Waals surface area contributed by atoms with Crippen LogP contribution in [0, 0.1) is 13.0 Å². The Morgan fingerprint density at radius 2 is 1.62 bits per heavy atom. The van der Waals surface area contributed by atoms with E-state index in [2.05, 4.69) is 55.3 Å². The van der Waals surface area contributed by atoms with Crippen molar-refractivity contribution in [3.05, 3.63) is 125 Å². The van der Waals surface area contributed by atoms with Gasteiger partial charge in [-0.15, -0.1) is 0 Å². The van der Waals surface area contributed by atoms with E-state index >= 15 is 0 Å². The highest BCUT2D eigenvalue weighted by atomic mass is 127. The summed E-state index contributed by atoms with van der Waals surface area (Å²) in [7, 11) is 0. The second-order valence-electron chi connectivity index (χ2n) is 8.62. The molecule has 4 aromatic carbocycles. The van der Waals surface area contributed by atoms with Crippen LogP contribution in [0.2, 0.25) is 0 Å². The summed E-state index contributed by atoms with van der Waals surface area (Å²) in [6.45, 7) is 0.248. The molecular formula is C29H17F4I2N3O2. The summed E-state index contributed by atoms with van der Waals surface area (Å²) in [6.07, 6.45) is -3.11. The molecule has 0 spiro atoms. The molecule has 0 saturated carbocycles. The number of rotatable bonds is 6. The van der Waals surface area contributed by atoms with Crippen molar-refractivity contribution in [1.82, 2.24) is 9.66 Å². The maximum atomic E-state index is 13.4. The Kier molecular flexibility index (Phi) is 8.21. The van der Waals surface area contributed by atoms with Crippen LogP contribution in [0.4, 0.5) is 17.6 Å². The molecule has 1 aromatic heterocycles. The van der Waals surface area contributed by atoms with Gasteiger partial charge in [-0.3, -0.25) is 4.79 Å². The molecule has 5 nitrogen and oxygen atoms in total. The number of hydrogen-bond donors (Lipinski definition) is 0. The van der Waals surface area contributed by atoms with Gasteiger partial charge in [0.05, 0.1) is 29.8 Å². The van der Waals surface area contributed by atoms with Crippen molar-refractivity contribution < 1.29 is 22.3 Å². The quantitative estimate of drug-likeness (QED) is 0.100. The summed E-state index contributed by atoms with van der Waals surface area (Å²) in [6, 6.07) is 20.8. The van der Waals surface area contributed by atoms with Crippen LogP contribution in [0.15, 0.2) is 94.8 Å². The van der Waals surface area contributed by atoms with Crippen LogP contribution in [-0.4, -0.2) is 15.9 Å². The van der Waals surface area contributed by atoms with Crippen LogP contribution >= 0.6 is 45.2 Å². The maximum Gasteiger partial charge on any atom is 0.416 e. The predicted octanol–water partition coefficient (Wildman–Crippen LogP) is 7.89. The fourth-order valence-electron chi connectivity index (χ4n) is 3.90. The topological polar surface area (TPSA) is 56.5 Å². The average Bonchev–Trinajstić information content (AvgIpc) is 2.92. The van der Waals surface area contributed by atoms with Crippen molar-refractivity contribution >= 4 is 62.3 Å². The Hall–Kier alpha value is -3.33. The zero-order valence-electron chi connectivity index (χ0n) is 20.3. The summed E-state index contributed by atoms with van der Waals surface area (Å²) in [4.78, 5) is 17.9. The van der Waals surface area contributed by atoms with Crippen LogP contribution in [0.1, 0.15) is 16.7 Å². The van der Waals surface area contributed by atoms with Crippen LogP contribution in [0.5, 0.6) is 5.75 Å². The highest BCUT2D eigenvalue weighted by Crippen LogP contribution is 2.32. The Labute approximate surface area is 252 Å². The van der Waals surface area contributed by atoms with Crippen LogP contribution in [0.25, 0.3) is 22.3 Å². The van der Waals surface area contributed by atoms with Crippen molar-refractivity contribution in [3.63, 3.8) is 0 Å². The average molecular weight is 769 g/mol. The monoisotopic (exact) mass is 769 g/mol. The lowest BCUT2D eigenvalue weighted by atomic mass is 10.1. The van der Waals surface area contributed by atoms with Crippen LogP contribution < -0.4 is 10.3 Å². The second-order valence-corrected chi connectivity index (χ2v) is 10.9. The first-order valence-electron chi connectivity index (χ1n) is 11.7. The Morgan fingerprint density at radius 1 is 0.925 bits per heavy atom. The number of alkyl halides is 3. The zero-order valence-corrected chi connectivity index (χ0v) is 24.6. The standard InChI is InChI=1S/C29H17F4I2N3O2/c30-21-10-8-17(9-11-21)16-40-26-23(34)12-18(13-24(26)35)15-36-38-27(19-4-3-5-20(14-19)29(31,32)33)37-25-7-2-1-6-22(25)28(38)39/h1-15H,16H2. The molecule has 0 N–H and O–H groups in total. The minimum absolute atomic E-state index is 0.0188. The van der Waals surface area contributed by atoms with E-state index in [4.69, 9.17) is 4.74 Å². The van der Waals surface area contributed by atoms with Gasteiger partial charge in [-0.2, -0.15) is 22.9 Å². The molecular weight excluding hydrogens is 752 g/mol. The van der Waals surface area contributed by atoms with Gasteiger partial charge in [-0.25, -0.2) is 9.37 Å². The van der Waals surface area contributed by atoms with Gasteiger partial charge in [0.2, 0.25) is 0 Å². The number of ether oxygens (including phenoxy) is 1. The maximum absolute atomic E-state index is 13.4. The fraction of sp³-hybridized carbons (Fsp3) is 0.0690. The molecule has 11 heteroatoms. The van der Waals surface area contributed by atoms with E-state index in [1.54, 1.807) is 48.5 Å². The molecule has 40 heavy (non-hydrogen) atoms. The second kappa shape index (κ2) is 11.6. The summed E-state index contributed by atoms with van der Waals surface area (Å²) in [5.74, 6) is 0.292. The third-order valence-electron chi connectivity index (χ3n) is 5.84. The number of para-hydroxylation sites is 1. The zero-order chi connectivity index (χ0) is 28.4. The highest BCUT2D eigenvalue weighted by Gasteiger charge is 2.31. The molecule has 0 amide bonds. The molecule has 5 rings (SSSR count). The summed E-state index contributed by atoms with van der Waals surface area (Å²) in [5.41, 5.74) is 0.518. The summed E-state index contributed by atoms with van der Waals surface area (Å²) >= 11 is 4.24. The lowest BCUT2D eigenvalue weighted by Crippen LogP contribution is -2.20. The molecule has 0 saturated heterocycles. The van der Waals surface area contributed by atoms with E-state index in [0.29, 0.717) is 16.8 Å². The van der Waals surface area contributed by atoms with Crippen molar-refractivity contribution in [2.75, 3.05) is 0 Å². The largest absolute Gasteiger partial charge is 0.487 e. The third kappa shape index (κ3) is 6.19. The Balaban J connectivity index is 1.52. The van der Waals surface area contributed by atoms with E-state index in [0.717, 1.165) is 29.5 Å². The first-order chi connectivity index (χ1) is 19.1. The highest BCUT2D eigenvalue weighted by molar-refractivity contribution is 14.1. The molecule has 0 aliphatic heterocycles. The first kappa shape index (κ1) is 28.2. The van der Waals surface area contributed by atoms with Gasteiger partial charge in [-0.05, 0) is 105 Å². The van der Waals surface area contributed by atoms with E-state index in [1.165, 1.54) is 30.5 Å². The SMILES string of the molecule is O=c1c2ccccc2nc(-c2cccc(C(F)(F)F)c2)n1N=Cc1cc(I)c(OCc2ccc(F)cc2)c(I)c1. The van der Waals surface area contributed by atoms with E-state index in [1.807, 2.05) is 0 Å². The van der Waals surface area contributed by atoms with Gasteiger partial charge < -0.3 is 4.74 Å². The third-order valence-corrected chi connectivity index (χ3v) is 7.44. The lowest BCUT2D eigenvalue weighted by molar-refractivity contribution is -0.137. The normalized spacial score (nSPS) is 11.8. The number of aromatic nitrogens is 2. The van der Waals surface area contributed by atoms with Crippen molar-refractivity contribution in [3.8, 4) is 17.1 Å². The number of benzene rings is 4. The van der Waals surface area contributed by atoms with Crippen molar-refractivity contribution in [2.24, 2.45) is 5.10 Å². The van der Waals surface area contributed by atoms with E-state index < -0.39 is 17.3 Å². The number of fused-ring (bicyclic) bond motifs is 1. The van der Waals surface area contributed by atoms with Crippen molar-refractivity contribution in [2.45, 2.75) is 12.8 Å². The number of halogens is 6. The number of nitrogens with zero attached hydrogens (tertiary/aromatic N) is 3. The molecule has 1 heterocycles. The minimum Gasteiger partial charge on any atom is -0.487 e. The first-order valence-corrected chi connectivity index (χ1v) is 13.9. The van der Waals surface area contributed by atoms with Gasteiger partial charge in [0, 0.05) is 5.56 Å². The molecule has 0 aliphatic carbocycles. The fourth-order valence-corrected chi connectivity index (χ4v) is 6.03. The molecule has 0 unspecified atom stereocenters. The molecule has 0 radical (unpaired) electrons. The smallest absolute Gasteiger partial charge is 0.416 e. The Morgan fingerprint density at radius 3 is 2.33 bits per heavy atom. The molecule has 0 fully saturated rings. The van der Waals surface area contributed by atoms with E-state index in [-0.39, 0.29) is 29.2 Å². The van der Waals surface area contributed by atoms with Crippen LogP contribution in [0.3, 0.4) is 0 Å². The van der Waals surface area contributed by atoms with Gasteiger partial charge >= 0.3 is 6.18 Å². The molecule has 202 valence electrons. The summed E-state index contributed by atoms with van der Waals surface area (Å²) in [5, 5.41) is 4.64. The molecule has 0 bridgehead atoms. The van der Waals surface area contributed by atoms with E-state index in [9.17, 15) is 22.4 Å². The predicted molar refractivity (Wildman–Crippen MR) is 162 cm³/mol. The summed E-state index contributed by atoms with van der Waals surface area (Å²) < 4.78 is 61.9. The molecule has 5 aromatic rings. The van der Waals surface area contributed by atoms with Gasteiger partial charge in [-0.1, -0.05) is 36.4 Å². The molecule has 0 atom stereocenters. The van der Waals surface area contributed by atoms with Gasteiger partial charge in [0.15, 0.2) is 5.82 Å². The lowest BCUT2D eigenvalue weighted by Gasteiger charge is -2.13. The van der Waals surface area contributed by atoms with Gasteiger partial charge in [0.1, 0.15) is 18.2 Å². The Bertz CT molecular complexity index is 1780.